The molecule has 1 heterocycles. The molecule has 0 spiro atoms. The van der Waals surface area contributed by atoms with Crippen LogP contribution in [0.1, 0.15) is 6.42 Å². The Morgan fingerprint density at radius 3 is 2.23 bits per heavy atom. The van der Waals surface area contributed by atoms with Crippen LogP contribution in [-0.4, -0.2) is 46.8 Å². The van der Waals surface area contributed by atoms with Gasteiger partial charge in [-0.3, -0.25) is 9.69 Å². The molecule has 0 bridgehead atoms. The van der Waals surface area contributed by atoms with E-state index in [2.05, 4.69) is 0 Å². The number of nitrogens with zero attached hydrogens (tertiary/aromatic N) is 1. The zero-order valence-corrected chi connectivity index (χ0v) is 10.7. The van der Waals surface area contributed by atoms with Gasteiger partial charge in [-0.05, 0) is 7.05 Å². The molecule has 1 aliphatic heterocycles. The van der Waals surface area contributed by atoms with Crippen molar-refractivity contribution in [3.8, 4) is 0 Å². The van der Waals surface area contributed by atoms with Crippen LogP contribution in [0.5, 0.6) is 0 Å². The fourth-order valence-electron chi connectivity index (χ4n) is 1.26. The Morgan fingerprint density at radius 1 is 1.62 bits per heavy atom. The van der Waals surface area contributed by atoms with Crippen molar-refractivity contribution >= 4 is 24.8 Å². The predicted octanol–water partition coefficient (Wildman–Crippen LogP) is 0.512. The van der Waals surface area contributed by atoms with Crippen LogP contribution in [0.15, 0.2) is 0 Å². The van der Waals surface area contributed by atoms with Gasteiger partial charge >= 0.3 is 41.3 Å². The molecule has 1 fully saturated rings. The molecule has 0 aromatic rings. The molecular formula is C6H11Cl2NO3Pt. The third-order valence-electron chi connectivity index (χ3n) is 1.81. The first kappa shape index (κ1) is 13.7. The number of hydrogen-bond acceptors (Lipinski definition) is 3. The first-order chi connectivity index (χ1) is 6.02. The number of β-amino-alcohol motifs (C(OH)–C–C–N with tert-alkyl or cyclic N) is 1. The maximum atomic E-state index is 10.4. The summed E-state index contributed by atoms with van der Waals surface area (Å²) in [7, 11) is 11.5. The van der Waals surface area contributed by atoms with Crippen LogP contribution in [0.2, 0.25) is 0 Å². The van der Waals surface area contributed by atoms with Crippen molar-refractivity contribution < 1.29 is 31.5 Å². The fraction of sp³-hybridized carbons (Fsp3) is 0.833. The number of hydrogen-bond donors (Lipinski definition) is 2. The molecule has 1 rings (SSSR count). The van der Waals surface area contributed by atoms with Gasteiger partial charge in [0.1, 0.15) is 6.04 Å². The molecule has 0 radical (unpaired) electrons. The summed E-state index contributed by atoms with van der Waals surface area (Å²) >= 11 is -0.472. The summed E-state index contributed by atoms with van der Waals surface area (Å²) in [4.78, 5) is 12.1. The Hall–Kier alpha value is 0.658. The van der Waals surface area contributed by atoms with Crippen molar-refractivity contribution in [2.75, 3.05) is 13.6 Å². The molecule has 0 amide bonds. The third kappa shape index (κ3) is 5.18. The van der Waals surface area contributed by atoms with Crippen LogP contribution in [0.3, 0.4) is 0 Å². The molecule has 0 aliphatic carbocycles. The van der Waals surface area contributed by atoms with Crippen LogP contribution in [0.4, 0.5) is 0 Å². The number of aliphatic hydroxyl groups excluding tert-OH is 1. The van der Waals surface area contributed by atoms with Gasteiger partial charge in [-0.1, -0.05) is 0 Å². The molecule has 2 N–H and O–H groups in total. The Labute approximate surface area is 93.2 Å². The zero-order chi connectivity index (χ0) is 10.4. The van der Waals surface area contributed by atoms with Gasteiger partial charge in [0.05, 0.1) is 6.10 Å². The summed E-state index contributed by atoms with van der Waals surface area (Å²) in [6, 6.07) is -0.491. The number of carboxylic acid groups (broad SMARTS) is 1. The number of rotatable bonds is 1. The van der Waals surface area contributed by atoms with Gasteiger partial charge in [0.25, 0.3) is 0 Å². The summed E-state index contributed by atoms with van der Waals surface area (Å²) in [6.07, 6.45) is -0.114. The fourth-order valence-corrected chi connectivity index (χ4v) is 1.26. The molecule has 0 aromatic heterocycles. The van der Waals surface area contributed by atoms with E-state index in [1.165, 1.54) is 0 Å². The summed E-state index contributed by atoms with van der Waals surface area (Å²) in [5.74, 6) is -0.848. The molecule has 1 aliphatic rings. The van der Waals surface area contributed by atoms with Gasteiger partial charge in [0.2, 0.25) is 0 Å². The molecule has 82 valence electrons. The van der Waals surface area contributed by atoms with Crippen molar-refractivity contribution in [2.24, 2.45) is 0 Å². The third-order valence-corrected chi connectivity index (χ3v) is 1.81. The van der Waals surface area contributed by atoms with Gasteiger partial charge in [0, 0.05) is 13.0 Å². The quantitative estimate of drug-likeness (QED) is 0.661. The Kier molecular flexibility index (Phi) is 7.37. The number of halogens is 2. The van der Waals surface area contributed by atoms with Gasteiger partial charge < -0.3 is 10.2 Å². The number of aliphatic carboxylic acids is 1. The van der Waals surface area contributed by atoms with Crippen molar-refractivity contribution in [1.82, 2.24) is 4.90 Å². The van der Waals surface area contributed by atoms with Crippen LogP contribution >= 0.6 is 18.8 Å². The second-order valence-electron chi connectivity index (χ2n) is 2.73. The van der Waals surface area contributed by atoms with Crippen molar-refractivity contribution in [3.63, 3.8) is 0 Å². The summed E-state index contributed by atoms with van der Waals surface area (Å²) in [6.45, 7) is 0.469. The number of aliphatic hydroxyl groups is 1. The van der Waals surface area contributed by atoms with Gasteiger partial charge in [0.15, 0.2) is 0 Å². The van der Waals surface area contributed by atoms with Crippen LogP contribution in [0.25, 0.3) is 0 Å². The van der Waals surface area contributed by atoms with Crippen LogP contribution < -0.4 is 0 Å². The number of likely N-dealkylation sites (N-methyl/N-ethyl adjacent to an activating group) is 1. The van der Waals surface area contributed by atoms with E-state index in [9.17, 15) is 4.79 Å². The topological polar surface area (TPSA) is 60.8 Å². The number of likely N-dealkylation sites (tertiary alicyclic amines) is 1. The van der Waals surface area contributed by atoms with Crippen LogP contribution in [-0.2, 0) is 21.3 Å². The van der Waals surface area contributed by atoms with E-state index < -0.39 is 34.6 Å². The van der Waals surface area contributed by atoms with Crippen LogP contribution in [0, 0.1) is 0 Å². The second-order valence-corrected chi connectivity index (χ2v) is 6.01. The minimum atomic E-state index is -0.848. The standard InChI is InChI=1S/C6H11NO3.2ClH.Pt/c1-7-3-4(8)2-5(7)6(9)10;;;/h4-5,8H,2-3H2,1H3,(H,9,10);2*1H;/q;;;+2/p-2. The molecule has 0 saturated carbocycles. The SMILES string of the molecule is CN1CC(O)CC1C(=O)O.[Cl][Pt][Cl]. The van der Waals surface area contributed by atoms with E-state index in [4.69, 9.17) is 29.0 Å². The Morgan fingerprint density at radius 2 is 2.08 bits per heavy atom. The first-order valence-corrected chi connectivity index (χ1v) is 9.09. The van der Waals surface area contributed by atoms with Gasteiger partial charge in [-0.15, -0.1) is 0 Å². The Bertz CT molecular complexity index is 172. The molecule has 13 heavy (non-hydrogen) atoms. The van der Waals surface area contributed by atoms with E-state index in [-0.39, 0.29) is 0 Å². The molecule has 0 aromatic carbocycles. The zero-order valence-electron chi connectivity index (χ0n) is 6.89. The number of carbonyl (C=O) groups is 1. The van der Waals surface area contributed by atoms with E-state index in [0.29, 0.717) is 13.0 Å². The van der Waals surface area contributed by atoms with Crippen molar-refractivity contribution in [3.05, 3.63) is 0 Å². The average Bonchev–Trinajstić information content (AvgIpc) is 2.31. The van der Waals surface area contributed by atoms with Crippen molar-refractivity contribution in [2.45, 2.75) is 18.6 Å². The average molecular weight is 411 g/mol. The van der Waals surface area contributed by atoms with Gasteiger partial charge in [-0.25, -0.2) is 0 Å². The first-order valence-electron chi connectivity index (χ1n) is 3.46. The van der Waals surface area contributed by atoms with E-state index >= 15 is 0 Å². The summed E-state index contributed by atoms with van der Waals surface area (Å²) < 4.78 is 0. The second kappa shape index (κ2) is 7.02. The van der Waals surface area contributed by atoms with E-state index in [1.807, 2.05) is 0 Å². The van der Waals surface area contributed by atoms with E-state index in [0.717, 1.165) is 0 Å². The summed E-state index contributed by atoms with van der Waals surface area (Å²) in [5.41, 5.74) is 0. The van der Waals surface area contributed by atoms with E-state index in [1.54, 1.807) is 11.9 Å². The molecule has 2 unspecified atom stereocenters. The number of carboxylic acids is 1. The predicted molar refractivity (Wildman–Crippen MR) is 46.4 cm³/mol. The molecule has 4 nitrogen and oxygen atoms in total. The maximum absolute atomic E-state index is 10.4. The monoisotopic (exact) mass is 410 g/mol. The van der Waals surface area contributed by atoms with Gasteiger partial charge in [-0.2, -0.15) is 0 Å². The molecular weight excluding hydrogens is 400 g/mol. The molecule has 7 heteroatoms. The van der Waals surface area contributed by atoms with Crippen molar-refractivity contribution in [1.29, 1.82) is 0 Å². The Balaban J connectivity index is 0.000000424. The molecule has 2 atom stereocenters. The normalized spacial score (nSPS) is 28.3. The minimum absolute atomic E-state index is 0.353. The summed E-state index contributed by atoms with van der Waals surface area (Å²) in [5, 5.41) is 17.6. The molecule has 1 saturated heterocycles.